The largest absolute Gasteiger partial charge is 0.508 e. The van der Waals surface area contributed by atoms with Gasteiger partial charge in [0.05, 0.1) is 17.1 Å². The number of benzene rings is 1. The Kier molecular flexibility index (Phi) is 9.57. The fourth-order valence-electron chi connectivity index (χ4n) is 1.34. The molecule has 1 atom stereocenters. The summed E-state index contributed by atoms with van der Waals surface area (Å²) in [5, 5.41) is 10.9. The predicted molar refractivity (Wildman–Crippen MR) is 82.8 cm³/mol. The van der Waals surface area contributed by atoms with Crippen molar-refractivity contribution in [2.45, 2.75) is 27.4 Å². The highest BCUT2D eigenvalue weighted by Crippen LogP contribution is 2.21. The molecule has 114 valence electrons. The molecule has 0 spiro atoms. The van der Waals surface area contributed by atoms with Gasteiger partial charge in [-0.2, -0.15) is 0 Å². The van der Waals surface area contributed by atoms with Crippen LogP contribution in [0, 0.1) is 21.7 Å². The van der Waals surface area contributed by atoms with Gasteiger partial charge in [0.2, 0.25) is 0 Å². The Morgan fingerprint density at radius 3 is 2.57 bits per heavy atom. The number of nitro groups is 1. The molecule has 0 saturated carbocycles. The van der Waals surface area contributed by atoms with E-state index in [-0.39, 0.29) is 24.5 Å². The van der Waals surface area contributed by atoms with E-state index in [2.05, 4.69) is 25.6 Å². The maximum Gasteiger partial charge on any atom is 0.508 e. The molecule has 0 amide bonds. The summed E-state index contributed by atoms with van der Waals surface area (Å²) < 4.78 is 9.35. The number of carbonyl (C=O) groups excluding carboxylic acids is 1. The summed E-state index contributed by atoms with van der Waals surface area (Å²) in [6.07, 6.45) is -0.862. The number of rotatable bonds is 4. The summed E-state index contributed by atoms with van der Waals surface area (Å²) in [5.41, 5.74) is 3.35. The van der Waals surface area contributed by atoms with Gasteiger partial charge in [0.15, 0.2) is 0 Å². The van der Waals surface area contributed by atoms with Gasteiger partial charge >= 0.3 is 6.16 Å². The molecule has 21 heavy (non-hydrogen) atoms. The van der Waals surface area contributed by atoms with E-state index in [1.165, 1.54) is 18.2 Å². The Morgan fingerprint density at radius 2 is 2.05 bits per heavy atom. The maximum atomic E-state index is 11.1. The topological polar surface area (TPSA) is 78.7 Å². The minimum atomic E-state index is -0.862. The number of carbonyl (C=O) groups is 1. The molecule has 1 rings (SSSR count). The van der Waals surface area contributed by atoms with Crippen molar-refractivity contribution < 1.29 is 19.2 Å². The van der Waals surface area contributed by atoms with Gasteiger partial charge in [-0.25, -0.2) is 4.79 Å². The van der Waals surface area contributed by atoms with Crippen molar-refractivity contribution in [2.75, 3.05) is 6.61 Å². The Labute approximate surface area is 126 Å². The Balaban J connectivity index is 0.00000191. The van der Waals surface area contributed by atoms with Crippen molar-refractivity contribution in [3.05, 3.63) is 39.4 Å². The van der Waals surface area contributed by atoms with Crippen molar-refractivity contribution in [1.29, 1.82) is 0 Å². The van der Waals surface area contributed by atoms with E-state index in [4.69, 9.17) is 4.74 Å². The highest BCUT2D eigenvalue weighted by molar-refractivity contribution is 7.23. The third-order valence-corrected chi connectivity index (χ3v) is 2.24. The lowest BCUT2D eigenvalue weighted by Gasteiger charge is -2.05. The summed E-state index contributed by atoms with van der Waals surface area (Å²) in [5.74, 6) is 2.75. The van der Waals surface area contributed by atoms with Crippen LogP contribution in [0.25, 0.3) is 0 Å². The molecule has 0 aliphatic carbocycles. The fourth-order valence-corrected chi connectivity index (χ4v) is 1.50. The van der Waals surface area contributed by atoms with Gasteiger partial charge in [-0.05, 0) is 19.1 Å². The number of hydrogen-bond acceptors (Lipinski definition) is 5. The van der Waals surface area contributed by atoms with E-state index >= 15 is 0 Å². The van der Waals surface area contributed by atoms with Crippen molar-refractivity contribution in [3.63, 3.8) is 0 Å². The van der Waals surface area contributed by atoms with Crippen LogP contribution in [0.15, 0.2) is 18.2 Å². The van der Waals surface area contributed by atoms with E-state index in [0.29, 0.717) is 5.56 Å². The molecule has 0 radical (unpaired) electrons. The molecule has 7 heteroatoms. The first-order chi connectivity index (χ1) is 10.1. The molecule has 0 aliphatic heterocycles. The quantitative estimate of drug-likeness (QED) is 0.280. The van der Waals surface area contributed by atoms with E-state index in [9.17, 15) is 14.9 Å². The first kappa shape index (κ1) is 18.9. The maximum absolute atomic E-state index is 11.1. The molecular weight excluding hydrogens is 293 g/mol. The molecule has 1 aromatic rings. The van der Waals surface area contributed by atoms with Crippen LogP contribution >= 0.6 is 9.24 Å². The highest BCUT2D eigenvalue weighted by atomic mass is 31.0. The zero-order chi connectivity index (χ0) is 16.3. The summed E-state index contributed by atoms with van der Waals surface area (Å²) >= 11 is 0. The molecule has 0 aliphatic rings. The summed E-state index contributed by atoms with van der Waals surface area (Å²) in [7, 11) is 2.23. The third kappa shape index (κ3) is 6.73. The van der Waals surface area contributed by atoms with Gasteiger partial charge in [-0.1, -0.05) is 34.7 Å². The minimum Gasteiger partial charge on any atom is -0.435 e. The van der Waals surface area contributed by atoms with Crippen molar-refractivity contribution in [1.82, 2.24) is 0 Å². The van der Waals surface area contributed by atoms with Gasteiger partial charge in [0, 0.05) is 11.6 Å². The zero-order valence-electron chi connectivity index (χ0n) is 12.2. The summed E-state index contributed by atoms with van der Waals surface area (Å²) in [4.78, 5) is 21.4. The smallest absolute Gasteiger partial charge is 0.435 e. The molecule has 0 saturated heterocycles. The predicted octanol–water partition coefficient (Wildman–Crippen LogP) is 3.48. The first-order valence-electron chi connectivity index (χ1n) is 6.37. The lowest BCUT2D eigenvalue weighted by Crippen LogP contribution is -2.08. The monoisotopic (exact) mass is 311 g/mol. The van der Waals surface area contributed by atoms with Gasteiger partial charge in [-0.3, -0.25) is 10.1 Å². The van der Waals surface area contributed by atoms with E-state index in [0.717, 1.165) is 0 Å². The van der Waals surface area contributed by atoms with Crippen LogP contribution in [-0.4, -0.2) is 17.7 Å². The van der Waals surface area contributed by atoms with Crippen LogP contribution in [0.1, 0.15) is 31.9 Å². The SMILES string of the molecule is CC.CCOC(=O)OCc1cc(C#CP)ccc1[N+](=O)[O-]. The van der Waals surface area contributed by atoms with Crippen molar-refractivity contribution >= 4 is 21.1 Å². The lowest BCUT2D eigenvalue weighted by atomic mass is 10.1. The second-order valence-electron chi connectivity index (χ2n) is 3.34. The van der Waals surface area contributed by atoms with E-state index in [1.807, 2.05) is 13.8 Å². The van der Waals surface area contributed by atoms with Gasteiger partial charge in [-0.15, -0.1) is 0 Å². The average molecular weight is 311 g/mol. The van der Waals surface area contributed by atoms with Crippen LogP contribution in [0.3, 0.4) is 0 Å². The average Bonchev–Trinajstić information content (AvgIpc) is 2.48. The zero-order valence-corrected chi connectivity index (χ0v) is 13.4. The molecule has 0 fully saturated rings. The molecule has 6 nitrogen and oxygen atoms in total. The van der Waals surface area contributed by atoms with Gasteiger partial charge in [0.1, 0.15) is 6.61 Å². The minimum absolute atomic E-state index is 0.126. The molecule has 0 bridgehead atoms. The molecule has 0 N–H and O–H groups in total. The highest BCUT2D eigenvalue weighted by Gasteiger charge is 2.15. The van der Waals surface area contributed by atoms with Gasteiger partial charge in [0.25, 0.3) is 5.69 Å². The lowest BCUT2D eigenvalue weighted by molar-refractivity contribution is -0.385. The van der Waals surface area contributed by atoms with Crippen LogP contribution in [0.4, 0.5) is 10.5 Å². The Morgan fingerprint density at radius 1 is 1.38 bits per heavy atom. The van der Waals surface area contributed by atoms with Crippen molar-refractivity contribution in [3.8, 4) is 11.6 Å². The van der Waals surface area contributed by atoms with Crippen molar-refractivity contribution in [2.24, 2.45) is 0 Å². The Bertz CT molecular complexity index is 548. The van der Waals surface area contributed by atoms with Crippen LogP contribution in [0.5, 0.6) is 0 Å². The molecular formula is C14H18NO5P. The number of ether oxygens (including phenoxy) is 2. The first-order valence-corrected chi connectivity index (χ1v) is 6.94. The Hall–Kier alpha value is -2.12. The number of nitrogens with zero attached hydrogens (tertiary/aromatic N) is 1. The van der Waals surface area contributed by atoms with Crippen LogP contribution in [-0.2, 0) is 16.1 Å². The van der Waals surface area contributed by atoms with Crippen LogP contribution < -0.4 is 0 Å². The normalized spacial score (nSPS) is 8.57. The molecule has 0 heterocycles. The van der Waals surface area contributed by atoms with Gasteiger partial charge < -0.3 is 9.47 Å². The standard InChI is InChI=1S/C12H12NO5P.C2H6/c1-2-17-12(14)18-8-10-7-9(5-6-19)3-4-11(10)13(15)16;1-2/h3-4,7H,2,8,19H2,1H3;1-2H3. The van der Waals surface area contributed by atoms with E-state index < -0.39 is 11.1 Å². The molecule has 1 unspecified atom stereocenters. The van der Waals surface area contributed by atoms with E-state index in [1.54, 1.807) is 6.92 Å². The second kappa shape index (κ2) is 10.6. The fraction of sp³-hybridized carbons (Fsp3) is 0.357. The van der Waals surface area contributed by atoms with Crippen LogP contribution in [0.2, 0.25) is 0 Å². The third-order valence-electron chi connectivity index (χ3n) is 2.10. The number of nitro benzene ring substituents is 1. The molecule has 0 aromatic heterocycles. The second-order valence-corrected chi connectivity index (χ2v) is 3.63. The summed E-state index contributed by atoms with van der Waals surface area (Å²) in [6, 6.07) is 4.37. The summed E-state index contributed by atoms with van der Waals surface area (Å²) in [6.45, 7) is 5.58. The number of hydrogen-bond donors (Lipinski definition) is 0. The molecule has 1 aromatic carbocycles.